The molecule has 0 saturated carbocycles. The Balaban J connectivity index is 0.000000203. The fourth-order valence-electron chi connectivity index (χ4n) is 1.91. The van der Waals surface area contributed by atoms with Crippen LogP contribution in [0.25, 0.3) is 0 Å². The van der Waals surface area contributed by atoms with Crippen molar-refractivity contribution in [3.05, 3.63) is 96.6 Å². The maximum Gasteiger partial charge on any atom is 0.206 e. The van der Waals surface area contributed by atoms with Crippen LogP contribution in [0.5, 0.6) is 0 Å². The molecule has 0 aliphatic heterocycles. The highest BCUT2D eigenvalue weighted by Crippen LogP contribution is 2.19. The van der Waals surface area contributed by atoms with E-state index in [1.54, 1.807) is 60.7 Å². The minimum absolute atomic E-state index is 0.110. The second kappa shape index (κ2) is 8.27. The van der Waals surface area contributed by atoms with E-state index in [0.717, 1.165) is 5.56 Å². The topological polar surface area (TPSA) is 54.0 Å². The van der Waals surface area contributed by atoms with Gasteiger partial charge in [-0.2, -0.15) is 0 Å². The van der Waals surface area contributed by atoms with Crippen LogP contribution in [0, 0.1) is 0 Å². The van der Waals surface area contributed by atoms with Crippen molar-refractivity contribution in [3.63, 3.8) is 0 Å². The van der Waals surface area contributed by atoms with E-state index in [1.165, 1.54) is 0 Å². The number of rotatable bonds is 3. The molecule has 0 spiro atoms. The molecule has 0 heterocycles. The van der Waals surface area contributed by atoms with Gasteiger partial charge in [-0.15, -0.1) is 0 Å². The van der Waals surface area contributed by atoms with Crippen LogP contribution in [-0.2, 0) is 21.6 Å². The van der Waals surface area contributed by atoms with Crippen molar-refractivity contribution in [1.82, 2.24) is 0 Å². The molecule has 0 amide bonds. The smallest absolute Gasteiger partial charge is 0.206 e. The van der Waals surface area contributed by atoms with E-state index >= 15 is 0 Å². The predicted octanol–water partition coefficient (Wildman–Crippen LogP) is 4.14. The molecule has 117 valence electrons. The molecule has 0 saturated heterocycles. The Morgan fingerprint density at radius 3 is 1.22 bits per heavy atom. The molecule has 0 aliphatic rings. The molecule has 3 nitrogen and oxygen atoms in total. The molecule has 0 unspecified atom stereocenters. The molecule has 0 bridgehead atoms. The van der Waals surface area contributed by atoms with E-state index in [0.29, 0.717) is 9.79 Å². The van der Waals surface area contributed by atoms with E-state index in [9.17, 15) is 13.5 Å². The quantitative estimate of drug-likeness (QED) is 0.727. The van der Waals surface area contributed by atoms with Crippen molar-refractivity contribution in [1.29, 1.82) is 0 Å². The lowest BCUT2D eigenvalue weighted by atomic mass is 10.2. The lowest BCUT2D eigenvalue weighted by molar-refractivity contribution is 0.177. The van der Waals surface area contributed by atoms with Crippen LogP contribution in [0.1, 0.15) is 5.56 Å². The Kier molecular flexibility index (Phi) is 6.09. The molecular weight excluding hydrogens is 308 g/mol. The van der Waals surface area contributed by atoms with Gasteiger partial charge in [-0.25, -0.2) is 13.5 Å². The minimum Gasteiger partial charge on any atom is -0.232 e. The number of hydrogen-bond acceptors (Lipinski definition) is 2. The summed E-state index contributed by atoms with van der Waals surface area (Å²) in [7, 11) is -3.34. The van der Waals surface area contributed by atoms with Gasteiger partial charge in [-0.05, 0) is 29.8 Å². The zero-order chi connectivity index (χ0) is 16.5. The van der Waals surface area contributed by atoms with Gasteiger partial charge in [0.2, 0.25) is 9.84 Å². The fourth-order valence-corrected chi connectivity index (χ4v) is 3.21. The van der Waals surface area contributed by atoms with E-state index < -0.39 is 9.84 Å². The average molecular weight is 325 g/mol. The summed E-state index contributed by atoms with van der Waals surface area (Å²) in [6.45, 7) is -0.110. The largest absolute Gasteiger partial charge is 0.232 e. The Hall–Kier alpha value is -2.43. The fraction of sp³-hybridized carbons (Fsp3) is 0.0526. The molecule has 23 heavy (non-hydrogen) atoms. The maximum absolute atomic E-state index is 12.0. The van der Waals surface area contributed by atoms with Crippen molar-refractivity contribution in [2.24, 2.45) is 0 Å². The van der Waals surface area contributed by atoms with Gasteiger partial charge in [0.1, 0.15) is 6.61 Å². The lowest BCUT2D eigenvalue weighted by Gasteiger charge is -2.03. The highest BCUT2D eigenvalue weighted by atomic mass is 32.2. The highest BCUT2D eigenvalue weighted by molar-refractivity contribution is 7.91. The molecule has 0 aromatic heterocycles. The van der Waals surface area contributed by atoms with Crippen LogP contribution in [-0.4, -0.2) is 8.42 Å². The van der Waals surface area contributed by atoms with Crippen LogP contribution in [0.15, 0.2) is 101 Å². The van der Waals surface area contributed by atoms with E-state index in [1.807, 2.05) is 30.3 Å². The van der Waals surface area contributed by atoms with Crippen molar-refractivity contribution in [2.45, 2.75) is 16.4 Å². The third kappa shape index (κ3) is 4.77. The molecular formula is C19H17O3S. The molecule has 0 N–H and O–H groups in total. The molecule has 3 aromatic carbocycles. The van der Waals surface area contributed by atoms with Gasteiger partial charge in [-0.1, -0.05) is 66.7 Å². The van der Waals surface area contributed by atoms with E-state index in [2.05, 4.69) is 0 Å². The molecule has 1 radical (unpaired) electrons. The SMILES string of the molecule is O=S(=O)(c1ccccc1)c1ccccc1.[O]Cc1ccccc1. The predicted molar refractivity (Wildman–Crippen MR) is 89.2 cm³/mol. The first-order valence-electron chi connectivity index (χ1n) is 7.12. The first kappa shape index (κ1) is 16.9. The van der Waals surface area contributed by atoms with E-state index in [4.69, 9.17) is 0 Å². The van der Waals surface area contributed by atoms with Gasteiger partial charge in [0.15, 0.2) is 0 Å². The highest BCUT2D eigenvalue weighted by Gasteiger charge is 2.15. The summed E-state index contributed by atoms with van der Waals surface area (Å²) >= 11 is 0. The van der Waals surface area contributed by atoms with Crippen LogP contribution in [0.4, 0.5) is 0 Å². The Morgan fingerprint density at radius 2 is 0.913 bits per heavy atom. The summed E-state index contributed by atoms with van der Waals surface area (Å²) in [5, 5.41) is 10.1. The van der Waals surface area contributed by atoms with Crippen molar-refractivity contribution < 1.29 is 13.5 Å². The number of sulfone groups is 1. The van der Waals surface area contributed by atoms with Gasteiger partial charge in [0, 0.05) is 0 Å². The zero-order valence-electron chi connectivity index (χ0n) is 12.5. The molecule has 0 atom stereocenters. The van der Waals surface area contributed by atoms with Crippen LogP contribution < -0.4 is 0 Å². The van der Waals surface area contributed by atoms with Gasteiger partial charge >= 0.3 is 0 Å². The summed E-state index contributed by atoms with van der Waals surface area (Å²) < 4.78 is 24.1. The summed E-state index contributed by atoms with van der Waals surface area (Å²) in [6, 6.07) is 26.2. The molecule has 0 fully saturated rings. The maximum atomic E-state index is 12.0. The van der Waals surface area contributed by atoms with Gasteiger partial charge < -0.3 is 0 Å². The normalized spacial score (nSPS) is 10.5. The summed E-state index contributed by atoms with van der Waals surface area (Å²) in [5.74, 6) is 0. The minimum atomic E-state index is -3.34. The molecule has 4 heteroatoms. The number of benzene rings is 3. The van der Waals surface area contributed by atoms with E-state index in [-0.39, 0.29) is 6.61 Å². The van der Waals surface area contributed by atoms with Gasteiger partial charge in [-0.3, -0.25) is 0 Å². The molecule has 0 aliphatic carbocycles. The average Bonchev–Trinajstić information content (AvgIpc) is 2.64. The Morgan fingerprint density at radius 1 is 0.565 bits per heavy atom. The van der Waals surface area contributed by atoms with Crippen molar-refractivity contribution in [2.75, 3.05) is 0 Å². The van der Waals surface area contributed by atoms with Crippen LogP contribution in [0.3, 0.4) is 0 Å². The summed E-state index contributed by atoms with van der Waals surface area (Å²) in [6.07, 6.45) is 0. The first-order chi connectivity index (χ1) is 11.1. The van der Waals surface area contributed by atoms with Gasteiger partial charge in [0.25, 0.3) is 0 Å². The van der Waals surface area contributed by atoms with Gasteiger partial charge in [0.05, 0.1) is 9.79 Å². The zero-order valence-corrected chi connectivity index (χ0v) is 13.3. The monoisotopic (exact) mass is 325 g/mol. The second-order valence-corrected chi connectivity index (χ2v) is 6.71. The first-order valence-corrected chi connectivity index (χ1v) is 8.60. The van der Waals surface area contributed by atoms with Crippen molar-refractivity contribution in [3.8, 4) is 0 Å². The Bertz CT molecular complexity index is 754. The lowest BCUT2D eigenvalue weighted by Crippen LogP contribution is -2.00. The number of hydrogen-bond donors (Lipinski definition) is 0. The third-order valence-corrected chi connectivity index (χ3v) is 4.90. The van der Waals surface area contributed by atoms with Crippen molar-refractivity contribution >= 4 is 9.84 Å². The summed E-state index contributed by atoms with van der Waals surface area (Å²) in [5.41, 5.74) is 0.854. The molecule has 3 aromatic rings. The molecule has 3 rings (SSSR count). The van der Waals surface area contributed by atoms with Crippen LogP contribution in [0.2, 0.25) is 0 Å². The standard InChI is InChI=1S/C12H10O2S.C7H7O/c13-15(14,11-7-3-1-4-8-11)12-9-5-2-6-10-12;8-6-7-4-2-1-3-5-7/h1-10H;1-5H,6H2. The van der Waals surface area contributed by atoms with Crippen LogP contribution >= 0.6 is 0 Å². The third-order valence-electron chi connectivity index (χ3n) is 3.12. The second-order valence-electron chi connectivity index (χ2n) is 4.76. The Labute approximate surface area is 136 Å². The summed E-state index contributed by atoms with van der Waals surface area (Å²) in [4.78, 5) is 0.660.